The van der Waals surface area contributed by atoms with Crippen molar-refractivity contribution in [2.75, 3.05) is 16.1 Å². The zero-order valence-corrected chi connectivity index (χ0v) is 14.2. The van der Waals surface area contributed by atoms with Gasteiger partial charge in [0.1, 0.15) is 6.33 Å². The third-order valence-corrected chi connectivity index (χ3v) is 3.51. The van der Waals surface area contributed by atoms with Gasteiger partial charge in [-0.2, -0.15) is 0 Å². The molecule has 8 heteroatoms. The van der Waals surface area contributed by atoms with Crippen LogP contribution in [0, 0.1) is 0 Å². The summed E-state index contributed by atoms with van der Waals surface area (Å²) in [6.45, 7) is 2.73. The van der Waals surface area contributed by atoms with Gasteiger partial charge in [0, 0.05) is 30.8 Å². The Kier molecular flexibility index (Phi) is 4.66. The summed E-state index contributed by atoms with van der Waals surface area (Å²) < 4.78 is 1.51. The highest BCUT2D eigenvalue weighted by Gasteiger charge is 2.12. The molecule has 26 heavy (non-hydrogen) atoms. The van der Waals surface area contributed by atoms with Crippen molar-refractivity contribution in [2.45, 2.75) is 13.8 Å². The first-order valence-corrected chi connectivity index (χ1v) is 7.86. The number of hydrogen-bond acceptors (Lipinski definition) is 4. The van der Waals surface area contributed by atoms with E-state index in [-0.39, 0.29) is 17.4 Å². The summed E-state index contributed by atoms with van der Waals surface area (Å²) in [5.74, 6) is -0.971. The molecule has 8 nitrogen and oxygen atoms in total. The molecule has 3 rings (SSSR count). The second kappa shape index (κ2) is 7.06. The molecule has 0 aliphatic heterocycles. The molecule has 0 spiro atoms. The quantitative estimate of drug-likeness (QED) is 0.671. The van der Waals surface area contributed by atoms with Crippen molar-refractivity contribution in [3.8, 4) is 0 Å². The van der Waals surface area contributed by atoms with Gasteiger partial charge in [0.05, 0.1) is 11.0 Å². The number of rotatable bonds is 4. The van der Waals surface area contributed by atoms with Crippen LogP contribution in [0.5, 0.6) is 0 Å². The molecule has 1 heterocycles. The van der Waals surface area contributed by atoms with E-state index in [1.807, 2.05) is 24.3 Å². The summed E-state index contributed by atoms with van der Waals surface area (Å²) in [5.41, 5.74) is 5.32. The van der Waals surface area contributed by atoms with Crippen molar-refractivity contribution in [1.29, 1.82) is 0 Å². The SMILES string of the molecule is CC(=O)Nc1cc(NC(C)=O)cc(C(=O)Nn2cnc3ccccc32)c1. The van der Waals surface area contributed by atoms with Gasteiger partial charge in [-0.05, 0) is 30.3 Å². The lowest BCUT2D eigenvalue weighted by Crippen LogP contribution is -2.22. The number of amides is 3. The van der Waals surface area contributed by atoms with Gasteiger partial charge in [0.2, 0.25) is 11.8 Å². The summed E-state index contributed by atoms with van der Waals surface area (Å²) in [4.78, 5) is 39.5. The molecule has 0 radical (unpaired) electrons. The number of carbonyl (C=O) groups is 3. The smallest absolute Gasteiger partial charge is 0.270 e. The minimum Gasteiger partial charge on any atom is -0.326 e. The molecule has 0 atom stereocenters. The Hall–Kier alpha value is -3.68. The van der Waals surface area contributed by atoms with E-state index in [2.05, 4.69) is 21.0 Å². The van der Waals surface area contributed by atoms with E-state index >= 15 is 0 Å². The first kappa shape index (κ1) is 17.2. The van der Waals surface area contributed by atoms with Gasteiger partial charge in [-0.15, -0.1) is 0 Å². The van der Waals surface area contributed by atoms with E-state index in [0.717, 1.165) is 11.0 Å². The normalized spacial score (nSPS) is 10.4. The number of benzene rings is 2. The highest BCUT2D eigenvalue weighted by Crippen LogP contribution is 2.20. The summed E-state index contributed by atoms with van der Waals surface area (Å²) in [5, 5.41) is 5.23. The molecule has 3 aromatic rings. The number of imidazole rings is 1. The average molecular weight is 351 g/mol. The molecular formula is C18H17N5O3. The lowest BCUT2D eigenvalue weighted by molar-refractivity contribution is -0.115. The first-order valence-electron chi connectivity index (χ1n) is 7.86. The van der Waals surface area contributed by atoms with E-state index in [9.17, 15) is 14.4 Å². The van der Waals surface area contributed by atoms with Crippen LogP contribution in [0.1, 0.15) is 24.2 Å². The molecule has 0 aliphatic rings. The van der Waals surface area contributed by atoms with Crippen LogP contribution in [0.2, 0.25) is 0 Å². The average Bonchev–Trinajstić information content (AvgIpc) is 2.96. The maximum absolute atomic E-state index is 12.6. The van der Waals surface area contributed by atoms with Crippen molar-refractivity contribution in [1.82, 2.24) is 9.66 Å². The third-order valence-electron chi connectivity index (χ3n) is 3.51. The number of anilines is 2. The molecule has 0 aliphatic carbocycles. The number of hydrogen-bond donors (Lipinski definition) is 3. The number of nitrogens with one attached hydrogen (secondary N) is 3. The number of nitrogens with zero attached hydrogens (tertiary/aromatic N) is 2. The van der Waals surface area contributed by atoms with Crippen LogP contribution >= 0.6 is 0 Å². The molecule has 2 aromatic carbocycles. The van der Waals surface area contributed by atoms with Crippen LogP contribution in [-0.2, 0) is 9.59 Å². The summed E-state index contributed by atoms with van der Waals surface area (Å²) in [7, 11) is 0. The zero-order valence-electron chi connectivity index (χ0n) is 14.2. The number of para-hydroxylation sites is 2. The molecule has 132 valence electrons. The minimum atomic E-state index is -0.410. The second-order valence-electron chi connectivity index (χ2n) is 5.71. The monoisotopic (exact) mass is 351 g/mol. The van der Waals surface area contributed by atoms with E-state index in [0.29, 0.717) is 11.4 Å². The molecule has 0 fully saturated rings. The predicted octanol–water partition coefficient (Wildman–Crippen LogP) is 2.34. The highest BCUT2D eigenvalue weighted by molar-refractivity contribution is 6.04. The molecular weight excluding hydrogens is 334 g/mol. The maximum atomic E-state index is 12.6. The van der Waals surface area contributed by atoms with E-state index < -0.39 is 5.91 Å². The van der Waals surface area contributed by atoms with Crippen LogP contribution in [0.25, 0.3) is 11.0 Å². The third kappa shape index (κ3) is 3.86. The fraction of sp³-hybridized carbons (Fsp3) is 0.111. The highest BCUT2D eigenvalue weighted by atomic mass is 16.2. The Morgan fingerprint density at radius 1 is 0.923 bits per heavy atom. The van der Waals surface area contributed by atoms with E-state index in [4.69, 9.17) is 0 Å². The topological polar surface area (TPSA) is 105 Å². The molecule has 3 N–H and O–H groups in total. The van der Waals surface area contributed by atoms with Crippen molar-refractivity contribution in [3.05, 3.63) is 54.4 Å². The first-order chi connectivity index (χ1) is 12.4. The van der Waals surface area contributed by atoms with Gasteiger partial charge in [-0.1, -0.05) is 12.1 Å². The van der Waals surface area contributed by atoms with Gasteiger partial charge in [0.25, 0.3) is 5.91 Å². The summed E-state index contributed by atoms with van der Waals surface area (Å²) >= 11 is 0. The second-order valence-corrected chi connectivity index (χ2v) is 5.71. The van der Waals surface area contributed by atoms with Crippen molar-refractivity contribution < 1.29 is 14.4 Å². The van der Waals surface area contributed by atoms with Crippen LogP contribution in [-0.4, -0.2) is 27.4 Å². The van der Waals surface area contributed by atoms with Crippen molar-refractivity contribution in [2.24, 2.45) is 0 Å². The van der Waals surface area contributed by atoms with Crippen LogP contribution < -0.4 is 16.1 Å². The molecule has 0 saturated heterocycles. The number of carbonyl (C=O) groups excluding carboxylic acids is 3. The Labute approximate surface area is 149 Å². The predicted molar refractivity (Wildman–Crippen MR) is 98.5 cm³/mol. The molecule has 1 aromatic heterocycles. The fourth-order valence-corrected chi connectivity index (χ4v) is 2.53. The van der Waals surface area contributed by atoms with Crippen molar-refractivity contribution in [3.63, 3.8) is 0 Å². The van der Waals surface area contributed by atoms with Crippen LogP contribution in [0.15, 0.2) is 48.8 Å². The Bertz CT molecular complexity index is 975. The van der Waals surface area contributed by atoms with Crippen LogP contribution in [0.4, 0.5) is 11.4 Å². The Balaban J connectivity index is 1.92. The van der Waals surface area contributed by atoms with Crippen molar-refractivity contribution >= 4 is 40.1 Å². The number of aromatic nitrogens is 2. The molecule has 0 saturated carbocycles. The lowest BCUT2D eigenvalue weighted by Gasteiger charge is -2.12. The minimum absolute atomic E-state index is 0.276. The lowest BCUT2D eigenvalue weighted by atomic mass is 10.1. The summed E-state index contributed by atoms with van der Waals surface area (Å²) in [6, 6.07) is 12.0. The Morgan fingerprint density at radius 2 is 1.54 bits per heavy atom. The van der Waals surface area contributed by atoms with Gasteiger partial charge < -0.3 is 10.6 Å². The zero-order chi connectivity index (χ0) is 18.7. The molecule has 0 unspecified atom stereocenters. The standard InChI is InChI=1S/C18H17N5O3/c1-11(24)20-14-7-13(8-15(9-14)21-12(2)25)18(26)22-23-10-19-16-5-3-4-6-17(16)23/h3-10H,1-2H3,(H,20,24)(H,21,25)(H,22,26). The van der Waals surface area contributed by atoms with E-state index in [1.54, 1.807) is 6.07 Å². The molecule has 0 bridgehead atoms. The number of fused-ring (bicyclic) bond motifs is 1. The Morgan fingerprint density at radius 3 is 2.15 bits per heavy atom. The fourth-order valence-electron chi connectivity index (χ4n) is 2.53. The van der Waals surface area contributed by atoms with Crippen LogP contribution in [0.3, 0.4) is 0 Å². The molecule has 3 amide bonds. The van der Waals surface area contributed by atoms with E-state index in [1.165, 1.54) is 37.0 Å². The van der Waals surface area contributed by atoms with Gasteiger partial charge in [0.15, 0.2) is 0 Å². The van der Waals surface area contributed by atoms with Gasteiger partial charge >= 0.3 is 0 Å². The van der Waals surface area contributed by atoms with Gasteiger partial charge in [-0.25, -0.2) is 9.66 Å². The maximum Gasteiger partial charge on any atom is 0.270 e. The largest absolute Gasteiger partial charge is 0.326 e. The summed E-state index contributed by atoms with van der Waals surface area (Å²) in [6.07, 6.45) is 1.51. The van der Waals surface area contributed by atoms with Gasteiger partial charge in [-0.3, -0.25) is 19.8 Å².